The van der Waals surface area contributed by atoms with Gasteiger partial charge in [-0.15, -0.1) is 0 Å². The Labute approximate surface area is 157 Å². The van der Waals surface area contributed by atoms with Crippen LogP contribution in [-0.4, -0.2) is 60.5 Å². The standard InChI is InChI=1S/C17H24N4O6/c1-12(2)4-5-18-6-8-19(9-7-18)16-14(17(22)27-3)10-13(20(23)24)11-15(16)21(25)26/h10-12H,4-9H2,1-3H3. The van der Waals surface area contributed by atoms with Gasteiger partial charge in [0.15, 0.2) is 0 Å². The number of esters is 1. The fourth-order valence-corrected chi connectivity index (χ4v) is 3.08. The molecule has 0 unspecified atom stereocenters. The highest BCUT2D eigenvalue weighted by molar-refractivity contribution is 5.99. The van der Waals surface area contributed by atoms with E-state index >= 15 is 0 Å². The molecule has 2 rings (SSSR count). The first-order valence-corrected chi connectivity index (χ1v) is 8.77. The maximum absolute atomic E-state index is 12.2. The van der Waals surface area contributed by atoms with Crippen molar-refractivity contribution in [3.63, 3.8) is 0 Å². The van der Waals surface area contributed by atoms with Crippen molar-refractivity contribution in [3.8, 4) is 0 Å². The zero-order valence-electron chi connectivity index (χ0n) is 15.7. The Balaban J connectivity index is 2.36. The summed E-state index contributed by atoms with van der Waals surface area (Å²) in [5.74, 6) is -0.247. The molecule has 0 amide bonds. The predicted molar refractivity (Wildman–Crippen MR) is 99.2 cm³/mol. The van der Waals surface area contributed by atoms with Gasteiger partial charge in [0.25, 0.3) is 11.4 Å². The van der Waals surface area contributed by atoms with Gasteiger partial charge in [0.05, 0.1) is 28.6 Å². The van der Waals surface area contributed by atoms with Crippen molar-refractivity contribution in [2.45, 2.75) is 20.3 Å². The maximum atomic E-state index is 12.2. The van der Waals surface area contributed by atoms with Gasteiger partial charge in [-0.05, 0) is 18.9 Å². The average Bonchev–Trinajstić information content (AvgIpc) is 2.64. The number of methoxy groups -OCH3 is 1. The van der Waals surface area contributed by atoms with Gasteiger partial charge < -0.3 is 9.64 Å². The number of rotatable bonds is 7. The molecule has 0 spiro atoms. The molecule has 0 atom stereocenters. The number of non-ortho nitro benzene ring substituents is 1. The van der Waals surface area contributed by atoms with E-state index in [-0.39, 0.29) is 11.3 Å². The van der Waals surface area contributed by atoms with Crippen LogP contribution in [0, 0.1) is 26.1 Å². The lowest BCUT2D eigenvalue weighted by Gasteiger charge is -2.36. The van der Waals surface area contributed by atoms with Crippen molar-refractivity contribution >= 4 is 23.0 Å². The summed E-state index contributed by atoms with van der Waals surface area (Å²) >= 11 is 0. The molecular weight excluding hydrogens is 356 g/mol. The zero-order valence-corrected chi connectivity index (χ0v) is 15.7. The van der Waals surface area contributed by atoms with E-state index in [1.54, 1.807) is 4.90 Å². The number of nitro benzene ring substituents is 2. The second-order valence-electron chi connectivity index (χ2n) is 6.88. The molecule has 1 heterocycles. The fraction of sp³-hybridized carbons (Fsp3) is 0.588. The van der Waals surface area contributed by atoms with Crippen LogP contribution in [0.5, 0.6) is 0 Å². The minimum Gasteiger partial charge on any atom is -0.465 e. The van der Waals surface area contributed by atoms with Crippen LogP contribution in [0.2, 0.25) is 0 Å². The lowest BCUT2D eigenvalue weighted by atomic mass is 10.1. The fourth-order valence-electron chi connectivity index (χ4n) is 3.08. The lowest BCUT2D eigenvalue weighted by molar-refractivity contribution is -0.393. The predicted octanol–water partition coefficient (Wildman–Crippen LogP) is 2.46. The minimum absolute atomic E-state index is 0.0842. The smallest absolute Gasteiger partial charge is 0.340 e. The van der Waals surface area contributed by atoms with Crippen LogP contribution in [0.25, 0.3) is 0 Å². The number of piperazine rings is 1. The SMILES string of the molecule is COC(=O)c1cc([N+](=O)[O-])cc([N+](=O)[O-])c1N1CCN(CCC(C)C)CC1. The Morgan fingerprint density at radius 1 is 1.15 bits per heavy atom. The van der Waals surface area contributed by atoms with E-state index in [0.717, 1.165) is 32.2 Å². The normalized spacial score (nSPS) is 15.0. The summed E-state index contributed by atoms with van der Waals surface area (Å²) in [7, 11) is 1.14. The third-order valence-electron chi connectivity index (χ3n) is 4.60. The quantitative estimate of drug-likeness (QED) is 0.402. The number of benzene rings is 1. The highest BCUT2D eigenvalue weighted by Crippen LogP contribution is 2.37. The summed E-state index contributed by atoms with van der Waals surface area (Å²) < 4.78 is 4.70. The van der Waals surface area contributed by atoms with Crippen LogP contribution in [0.3, 0.4) is 0 Å². The molecule has 27 heavy (non-hydrogen) atoms. The van der Waals surface area contributed by atoms with Crippen LogP contribution in [0.1, 0.15) is 30.6 Å². The van der Waals surface area contributed by atoms with Crippen LogP contribution < -0.4 is 4.90 Å². The monoisotopic (exact) mass is 380 g/mol. The maximum Gasteiger partial charge on any atom is 0.340 e. The number of hydrogen-bond acceptors (Lipinski definition) is 8. The first-order chi connectivity index (χ1) is 12.7. The van der Waals surface area contributed by atoms with E-state index in [0.29, 0.717) is 32.1 Å². The number of carbonyl (C=O) groups excluding carboxylic acids is 1. The second kappa shape index (κ2) is 8.76. The molecular formula is C17H24N4O6. The number of carbonyl (C=O) groups is 1. The van der Waals surface area contributed by atoms with Gasteiger partial charge in [0, 0.05) is 32.2 Å². The Bertz CT molecular complexity index is 728. The van der Waals surface area contributed by atoms with Crippen molar-refractivity contribution in [3.05, 3.63) is 37.9 Å². The molecule has 1 aliphatic heterocycles. The van der Waals surface area contributed by atoms with Gasteiger partial charge in [0.2, 0.25) is 0 Å². The molecule has 1 aliphatic rings. The van der Waals surface area contributed by atoms with Crippen LogP contribution in [0.4, 0.5) is 17.1 Å². The van der Waals surface area contributed by atoms with E-state index in [1.807, 2.05) is 0 Å². The van der Waals surface area contributed by atoms with Gasteiger partial charge in [-0.25, -0.2) is 4.79 Å². The van der Waals surface area contributed by atoms with E-state index in [1.165, 1.54) is 0 Å². The van der Waals surface area contributed by atoms with Crippen LogP contribution in [-0.2, 0) is 4.74 Å². The number of nitro groups is 2. The van der Waals surface area contributed by atoms with Crippen molar-refractivity contribution in [1.82, 2.24) is 4.90 Å². The summed E-state index contributed by atoms with van der Waals surface area (Å²) in [6, 6.07) is 1.94. The van der Waals surface area contributed by atoms with E-state index in [4.69, 9.17) is 4.74 Å². The molecule has 1 aromatic carbocycles. The second-order valence-corrected chi connectivity index (χ2v) is 6.88. The number of anilines is 1. The Hall–Kier alpha value is -2.75. The molecule has 0 saturated carbocycles. The molecule has 0 aliphatic carbocycles. The van der Waals surface area contributed by atoms with Crippen LogP contribution in [0.15, 0.2) is 12.1 Å². The third kappa shape index (κ3) is 4.91. The first-order valence-electron chi connectivity index (χ1n) is 8.77. The Morgan fingerprint density at radius 3 is 2.26 bits per heavy atom. The highest BCUT2D eigenvalue weighted by Gasteiger charge is 2.32. The molecule has 0 N–H and O–H groups in total. The lowest BCUT2D eigenvalue weighted by Crippen LogP contribution is -2.47. The van der Waals surface area contributed by atoms with Gasteiger partial charge in [0.1, 0.15) is 5.69 Å². The van der Waals surface area contributed by atoms with Crippen molar-refractivity contribution in [2.24, 2.45) is 5.92 Å². The first kappa shape index (κ1) is 20.6. The summed E-state index contributed by atoms with van der Waals surface area (Å²) in [5, 5.41) is 22.6. The zero-order chi connectivity index (χ0) is 20.1. The minimum atomic E-state index is -0.834. The Morgan fingerprint density at radius 2 is 1.78 bits per heavy atom. The molecule has 10 nitrogen and oxygen atoms in total. The van der Waals surface area contributed by atoms with Crippen LogP contribution >= 0.6 is 0 Å². The molecule has 1 saturated heterocycles. The Kier molecular flexibility index (Phi) is 6.67. The molecule has 0 aromatic heterocycles. The summed E-state index contributed by atoms with van der Waals surface area (Å²) in [6.45, 7) is 7.61. The van der Waals surface area contributed by atoms with Crippen molar-refractivity contribution < 1.29 is 19.4 Å². The number of hydrogen-bond donors (Lipinski definition) is 0. The summed E-state index contributed by atoms with van der Waals surface area (Å²) in [4.78, 5) is 37.4. The van der Waals surface area contributed by atoms with E-state index in [2.05, 4.69) is 18.7 Å². The van der Waals surface area contributed by atoms with E-state index in [9.17, 15) is 25.0 Å². The van der Waals surface area contributed by atoms with Crippen molar-refractivity contribution in [2.75, 3.05) is 44.7 Å². The molecule has 0 radical (unpaired) electrons. The molecule has 1 fully saturated rings. The van der Waals surface area contributed by atoms with Gasteiger partial charge in [-0.2, -0.15) is 0 Å². The van der Waals surface area contributed by atoms with Gasteiger partial charge >= 0.3 is 5.97 Å². The van der Waals surface area contributed by atoms with Crippen molar-refractivity contribution in [1.29, 1.82) is 0 Å². The van der Waals surface area contributed by atoms with E-state index < -0.39 is 27.2 Å². The summed E-state index contributed by atoms with van der Waals surface area (Å²) in [5.41, 5.74) is -1.04. The highest BCUT2D eigenvalue weighted by atomic mass is 16.6. The topological polar surface area (TPSA) is 119 Å². The van der Waals surface area contributed by atoms with Gasteiger partial charge in [-0.1, -0.05) is 13.8 Å². The molecule has 1 aromatic rings. The molecule has 0 bridgehead atoms. The number of ether oxygens (including phenoxy) is 1. The average molecular weight is 380 g/mol. The summed E-state index contributed by atoms with van der Waals surface area (Å²) in [6.07, 6.45) is 1.06. The molecule has 148 valence electrons. The largest absolute Gasteiger partial charge is 0.465 e. The molecule has 10 heteroatoms. The number of nitrogens with zero attached hydrogens (tertiary/aromatic N) is 4. The third-order valence-corrected chi connectivity index (χ3v) is 4.60. The van der Waals surface area contributed by atoms with Gasteiger partial charge in [-0.3, -0.25) is 25.1 Å².